The van der Waals surface area contributed by atoms with Crippen molar-refractivity contribution in [2.45, 2.75) is 39.5 Å². The van der Waals surface area contributed by atoms with Crippen LogP contribution in [0.2, 0.25) is 0 Å². The first-order valence-electron chi connectivity index (χ1n) is 14.2. The number of carbonyl (C=O) groups excluding carboxylic acids is 1. The Bertz CT molecular complexity index is 1500. The number of rotatable bonds is 13. The van der Waals surface area contributed by atoms with Gasteiger partial charge < -0.3 is 14.2 Å². The van der Waals surface area contributed by atoms with Gasteiger partial charge >= 0.3 is 0 Å². The van der Waals surface area contributed by atoms with E-state index in [1.165, 1.54) is 36.0 Å². The van der Waals surface area contributed by atoms with Crippen molar-refractivity contribution in [2.75, 3.05) is 19.8 Å². The second-order valence-electron chi connectivity index (χ2n) is 9.94. The predicted octanol–water partition coefficient (Wildman–Crippen LogP) is 7.08. The summed E-state index contributed by atoms with van der Waals surface area (Å²) in [5.41, 5.74) is 3.01. The average molecular weight is 583 g/mol. The molecule has 5 rings (SSSR count). The first-order valence-corrected chi connectivity index (χ1v) is 15.0. The van der Waals surface area contributed by atoms with E-state index in [1.807, 2.05) is 79.7 Å². The molecule has 3 aromatic carbocycles. The number of benzene rings is 3. The Labute approximate surface area is 250 Å². The van der Waals surface area contributed by atoms with Crippen molar-refractivity contribution in [2.24, 2.45) is 10.1 Å². The van der Waals surface area contributed by atoms with Gasteiger partial charge in [-0.25, -0.2) is 0 Å². The Hall–Kier alpha value is -4.37. The van der Waals surface area contributed by atoms with E-state index in [-0.39, 0.29) is 11.4 Å². The van der Waals surface area contributed by atoms with Crippen LogP contribution in [0.15, 0.2) is 88.5 Å². The summed E-state index contributed by atoms with van der Waals surface area (Å²) in [5.74, 6) is 1.84. The number of unbranched alkanes of at least 4 members (excludes halogenated alkanes) is 3. The molecule has 3 aromatic rings. The number of hydrogen-bond acceptors (Lipinski definition) is 7. The zero-order chi connectivity index (χ0) is 29.3. The van der Waals surface area contributed by atoms with Crippen molar-refractivity contribution in [1.82, 2.24) is 5.01 Å². The number of carbonyl (C=O) groups is 1. The number of aryl methyl sites for hydroxylation is 1. The van der Waals surface area contributed by atoms with Crippen LogP contribution in [0.5, 0.6) is 17.2 Å². The number of ether oxygens (including phenoxy) is 3. The number of aliphatic imine (C=N–C) groups is 1. The summed E-state index contributed by atoms with van der Waals surface area (Å²) in [6.07, 6.45) is 6.38. The molecule has 0 aliphatic carbocycles. The number of nitrogens with one attached hydrogen (secondary N) is 1. The van der Waals surface area contributed by atoms with Crippen molar-refractivity contribution in [3.63, 3.8) is 0 Å². The molecule has 0 atom stereocenters. The van der Waals surface area contributed by atoms with Crippen molar-refractivity contribution in [3.8, 4) is 17.2 Å². The topological polar surface area (TPSA) is 96.6 Å². The van der Waals surface area contributed by atoms with E-state index in [0.29, 0.717) is 29.2 Å². The lowest BCUT2D eigenvalue weighted by atomic mass is 10.1. The number of hydrazone groups is 1. The molecule has 0 fully saturated rings. The summed E-state index contributed by atoms with van der Waals surface area (Å²) >= 11 is 1.29. The molecule has 0 radical (unpaired) electrons. The van der Waals surface area contributed by atoms with Crippen LogP contribution in [-0.2, 0) is 4.79 Å². The number of fused-ring (bicyclic) bond motifs is 1. The number of thioether (sulfide) groups is 1. The highest BCUT2D eigenvalue weighted by molar-refractivity contribution is 8.27. The molecule has 0 spiro atoms. The number of amidine groups is 2. The van der Waals surface area contributed by atoms with Gasteiger partial charge in [-0.05, 0) is 73.1 Å². The van der Waals surface area contributed by atoms with Crippen LogP contribution in [0.4, 0.5) is 0 Å². The Morgan fingerprint density at radius 2 is 1.40 bits per heavy atom. The quantitative estimate of drug-likeness (QED) is 0.171. The molecule has 2 aliphatic heterocycles. The number of hydrogen-bond donors (Lipinski definition) is 1. The molecule has 0 aromatic heterocycles. The van der Waals surface area contributed by atoms with Crippen LogP contribution >= 0.6 is 11.8 Å². The third-order valence-corrected chi connectivity index (χ3v) is 7.61. The molecule has 1 N–H and O–H groups in total. The van der Waals surface area contributed by atoms with Crippen molar-refractivity contribution in [3.05, 3.63) is 95.1 Å². The largest absolute Gasteiger partial charge is 0.494 e. The zero-order valence-corrected chi connectivity index (χ0v) is 24.7. The summed E-state index contributed by atoms with van der Waals surface area (Å²) in [6.45, 7) is 5.73. The molecule has 216 valence electrons. The Kier molecular flexibility index (Phi) is 9.71. The monoisotopic (exact) mass is 582 g/mol. The van der Waals surface area contributed by atoms with E-state index >= 15 is 0 Å². The SMILES string of the molecule is CCCCCCOc1ccc(OCCOc2ccc(/C=C3/C(=N)N4N=C(c5ccc(C)cc5)SC4=NC3=O)cc2)cc1. The Balaban J connectivity index is 1.10. The first-order chi connectivity index (χ1) is 20.5. The van der Waals surface area contributed by atoms with Gasteiger partial charge in [-0.2, -0.15) is 15.1 Å². The fourth-order valence-electron chi connectivity index (χ4n) is 4.30. The average Bonchev–Trinajstić information content (AvgIpc) is 3.43. The Morgan fingerprint density at radius 1 is 0.810 bits per heavy atom. The number of nitrogens with zero attached hydrogens (tertiary/aromatic N) is 3. The van der Waals surface area contributed by atoms with E-state index in [0.717, 1.165) is 41.2 Å². The summed E-state index contributed by atoms with van der Waals surface area (Å²) in [7, 11) is 0. The van der Waals surface area contributed by atoms with Crippen molar-refractivity contribution in [1.29, 1.82) is 5.41 Å². The Morgan fingerprint density at radius 3 is 2.02 bits per heavy atom. The van der Waals surface area contributed by atoms with E-state index in [4.69, 9.17) is 19.6 Å². The second kappa shape index (κ2) is 14.0. The van der Waals surface area contributed by atoms with Crippen LogP contribution < -0.4 is 14.2 Å². The molecular formula is C33H34N4O4S. The lowest BCUT2D eigenvalue weighted by Crippen LogP contribution is -2.35. The molecule has 2 heterocycles. The minimum atomic E-state index is -0.455. The molecule has 0 unspecified atom stereocenters. The van der Waals surface area contributed by atoms with Crippen LogP contribution in [-0.4, -0.2) is 46.8 Å². The van der Waals surface area contributed by atoms with Crippen molar-refractivity contribution < 1.29 is 19.0 Å². The van der Waals surface area contributed by atoms with Gasteiger partial charge in [-0.15, -0.1) is 0 Å². The van der Waals surface area contributed by atoms with Crippen LogP contribution in [0.1, 0.15) is 49.3 Å². The fraction of sp³-hybridized carbons (Fsp3) is 0.273. The third kappa shape index (κ3) is 7.47. The summed E-state index contributed by atoms with van der Waals surface area (Å²) in [6, 6.07) is 22.9. The normalized spacial score (nSPS) is 15.4. The lowest BCUT2D eigenvalue weighted by molar-refractivity contribution is -0.114. The van der Waals surface area contributed by atoms with Gasteiger partial charge in [-0.1, -0.05) is 68.1 Å². The molecule has 8 nitrogen and oxygen atoms in total. The van der Waals surface area contributed by atoms with E-state index < -0.39 is 5.91 Å². The molecule has 0 saturated heterocycles. The summed E-state index contributed by atoms with van der Waals surface area (Å²) in [5, 5.41) is 15.7. The maximum Gasteiger partial charge on any atom is 0.283 e. The molecule has 9 heteroatoms. The lowest BCUT2D eigenvalue weighted by Gasteiger charge is -2.20. The summed E-state index contributed by atoms with van der Waals surface area (Å²) < 4.78 is 17.4. The highest BCUT2D eigenvalue weighted by atomic mass is 32.2. The smallest absolute Gasteiger partial charge is 0.283 e. The van der Waals surface area contributed by atoms with E-state index in [9.17, 15) is 4.79 Å². The van der Waals surface area contributed by atoms with Crippen LogP contribution in [0.25, 0.3) is 6.08 Å². The fourth-order valence-corrected chi connectivity index (χ4v) is 5.20. The van der Waals surface area contributed by atoms with Gasteiger partial charge in [0.1, 0.15) is 35.5 Å². The van der Waals surface area contributed by atoms with Gasteiger partial charge in [0.05, 0.1) is 12.2 Å². The van der Waals surface area contributed by atoms with E-state index in [1.54, 1.807) is 6.08 Å². The van der Waals surface area contributed by atoms with Gasteiger partial charge in [-0.3, -0.25) is 10.2 Å². The zero-order valence-electron chi connectivity index (χ0n) is 23.8. The molecule has 0 bridgehead atoms. The first kappa shape index (κ1) is 29.1. The highest BCUT2D eigenvalue weighted by Crippen LogP contribution is 2.31. The standard InChI is InChI=1S/C33H34N4O4S/c1-3-4-5-6-19-39-27-15-17-28(18-16-27)41-21-20-40-26-13-9-24(10-14-26)22-29-30(34)37-33(35-31(29)38)42-32(36-37)25-11-7-23(2)8-12-25/h7-18,22,34H,3-6,19-21H2,1-2H3/b29-22-,34-30?. The van der Waals surface area contributed by atoms with Crippen LogP contribution in [0.3, 0.4) is 0 Å². The molecule has 2 aliphatic rings. The maximum absolute atomic E-state index is 12.8. The molecular weight excluding hydrogens is 548 g/mol. The van der Waals surface area contributed by atoms with Gasteiger partial charge in [0.15, 0.2) is 5.84 Å². The number of amides is 1. The second-order valence-corrected chi connectivity index (χ2v) is 10.9. The van der Waals surface area contributed by atoms with Gasteiger partial charge in [0.2, 0.25) is 5.17 Å². The van der Waals surface area contributed by atoms with Gasteiger partial charge in [0, 0.05) is 5.56 Å². The van der Waals surface area contributed by atoms with E-state index in [2.05, 4.69) is 17.0 Å². The molecule has 0 saturated carbocycles. The van der Waals surface area contributed by atoms with Gasteiger partial charge in [0.25, 0.3) is 5.91 Å². The van der Waals surface area contributed by atoms with Crippen LogP contribution in [0, 0.1) is 12.3 Å². The molecule has 42 heavy (non-hydrogen) atoms. The van der Waals surface area contributed by atoms with Crippen molar-refractivity contribution >= 4 is 39.8 Å². The summed E-state index contributed by atoms with van der Waals surface area (Å²) in [4.78, 5) is 16.9. The molecule has 1 amide bonds. The maximum atomic E-state index is 12.8. The minimum Gasteiger partial charge on any atom is -0.494 e. The minimum absolute atomic E-state index is 0.00339. The highest BCUT2D eigenvalue weighted by Gasteiger charge is 2.36. The third-order valence-electron chi connectivity index (χ3n) is 6.66. The predicted molar refractivity (Wildman–Crippen MR) is 169 cm³/mol.